The van der Waals surface area contributed by atoms with Crippen molar-refractivity contribution in [3.05, 3.63) is 29.6 Å². The second-order valence-electron chi connectivity index (χ2n) is 3.51. The van der Waals surface area contributed by atoms with Gasteiger partial charge in [0, 0.05) is 18.8 Å². The first-order chi connectivity index (χ1) is 6.75. The fourth-order valence-corrected chi connectivity index (χ4v) is 1.21. The van der Waals surface area contributed by atoms with Crippen molar-refractivity contribution >= 4 is 5.97 Å². The third-order valence-electron chi connectivity index (χ3n) is 2.22. The van der Waals surface area contributed by atoms with E-state index >= 15 is 0 Å². The Hall–Kier alpha value is -1.42. The van der Waals surface area contributed by atoms with Crippen LogP contribution in [0.15, 0.2) is 18.3 Å². The van der Waals surface area contributed by atoms with E-state index in [0.717, 1.165) is 12.1 Å². The zero-order valence-corrected chi connectivity index (χ0v) is 7.73. The lowest BCUT2D eigenvalue weighted by atomic mass is 10.2. The van der Waals surface area contributed by atoms with E-state index in [2.05, 4.69) is 10.3 Å². The Morgan fingerprint density at radius 3 is 2.86 bits per heavy atom. The summed E-state index contributed by atoms with van der Waals surface area (Å²) in [6.07, 6.45) is 4.11. The second-order valence-corrected chi connectivity index (χ2v) is 3.51. The monoisotopic (exact) mass is 192 g/mol. The lowest BCUT2D eigenvalue weighted by Crippen LogP contribution is -2.15. The van der Waals surface area contributed by atoms with E-state index in [1.165, 1.54) is 18.9 Å². The summed E-state index contributed by atoms with van der Waals surface area (Å²) in [5.41, 5.74) is 1.13. The van der Waals surface area contributed by atoms with Crippen molar-refractivity contribution in [3.63, 3.8) is 0 Å². The Morgan fingerprint density at radius 1 is 1.57 bits per heavy atom. The van der Waals surface area contributed by atoms with Gasteiger partial charge in [-0.2, -0.15) is 0 Å². The summed E-state index contributed by atoms with van der Waals surface area (Å²) in [4.78, 5) is 14.3. The van der Waals surface area contributed by atoms with Crippen molar-refractivity contribution in [1.29, 1.82) is 0 Å². The fraction of sp³-hybridized carbons (Fsp3) is 0.400. The number of pyridine rings is 1. The van der Waals surface area contributed by atoms with Crippen LogP contribution in [0.5, 0.6) is 0 Å². The number of aromatic carboxylic acids is 1. The summed E-state index contributed by atoms with van der Waals surface area (Å²) in [5, 5.41) is 12.0. The van der Waals surface area contributed by atoms with Gasteiger partial charge in [0.25, 0.3) is 0 Å². The van der Waals surface area contributed by atoms with Crippen LogP contribution in [-0.2, 0) is 6.54 Å². The molecule has 0 unspecified atom stereocenters. The van der Waals surface area contributed by atoms with Crippen molar-refractivity contribution < 1.29 is 9.90 Å². The van der Waals surface area contributed by atoms with Crippen LogP contribution in [0.1, 0.15) is 28.9 Å². The summed E-state index contributed by atoms with van der Waals surface area (Å²) in [6.45, 7) is 0.775. The van der Waals surface area contributed by atoms with Gasteiger partial charge in [-0.05, 0) is 24.5 Å². The first kappa shape index (κ1) is 9.15. The van der Waals surface area contributed by atoms with Crippen LogP contribution in [0.2, 0.25) is 0 Å². The molecular formula is C10H12N2O2. The smallest absolute Gasteiger partial charge is 0.354 e. The van der Waals surface area contributed by atoms with Crippen LogP contribution in [-0.4, -0.2) is 22.1 Å². The Kier molecular flexibility index (Phi) is 2.45. The molecule has 1 heterocycles. The number of aromatic nitrogens is 1. The first-order valence-corrected chi connectivity index (χ1v) is 4.67. The average molecular weight is 192 g/mol. The molecule has 4 heteroatoms. The minimum Gasteiger partial charge on any atom is -0.477 e. The van der Waals surface area contributed by atoms with Gasteiger partial charge < -0.3 is 10.4 Å². The highest BCUT2D eigenvalue weighted by atomic mass is 16.4. The van der Waals surface area contributed by atoms with Gasteiger partial charge in [-0.15, -0.1) is 0 Å². The topological polar surface area (TPSA) is 62.2 Å². The number of carbonyl (C=O) groups is 1. The third kappa shape index (κ3) is 2.29. The minimum atomic E-state index is -0.980. The van der Waals surface area contributed by atoms with Crippen molar-refractivity contribution in [2.24, 2.45) is 0 Å². The summed E-state index contributed by atoms with van der Waals surface area (Å²) >= 11 is 0. The minimum absolute atomic E-state index is 0.0974. The summed E-state index contributed by atoms with van der Waals surface area (Å²) < 4.78 is 0. The first-order valence-electron chi connectivity index (χ1n) is 4.67. The number of carboxylic acid groups (broad SMARTS) is 1. The largest absolute Gasteiger partial charge is 0.477 e. The molecule has 0 atom stereocenters. The molecule has 2 rings (SSSR count). The standard InChI is InChI=1S/C10H12N2O2/c13-10(14)9-4-1-7(6-12-9)5-11-8-2-3-8/h1,4,6,8,11H,2-3,5H2,(H,13,14). The van der Waals surface area contributed by atoms with E-state index in [-0.39, 0.29) is 5.69 Å². The quantitative estimate of drug-likeness (QED) is 0.748. The van der Waals surface area contributed by atoms with Crippen LogP contribution in [0, 0.1) is 0 Å². The Labute approximate surface area is 82.0 Å². The van der Waals surface area contributed by atoms with Crippen molar-refractivity contribution in [3.8, 4) is 0 Å². The Morgan fingerprint density at radius 2 is 2.36 bits per heavy atom. The maximum absolute atomic E-state index is 10.5. The van der Waals surface area contributed by atoms with Crippen LogP contribution in [0.25, 0.3) is 0 Å². The molecule has 1 fully saturated rings. The van der Waals surface area contributed by atoms with E-state index in [4.69, 9.17) is 5.11 Å². The molecule has 0 bridgehead atoms. The second kappa shape index (κ2) is 3.75. The summed E-state index contributed by atoms with van der Waals surface area (Å²) in [6, 6.07) is 3.99. The van der Waals surface area contributed by atoms with E-state index < -0.39 is 5.97 Å². The molecule has 0 aromatic carbocycles. The van der Waals surface area contributed by atoms with Gasteiger partial charge in [0.15, 0.2) is 0 Å². The van der Waals surface area contributed by atoms with Crippen LogP contribution in [0.4, 0.5) is 0 Å². The van der Waals surface area contributed by atoms with Crippen molar-refractivity contribution in [2.75, 3.05) is 0 Å². The molecule has 2 N–H and O–H groups in total. The fourth-order valence-electron chi connectivity index (χ4n) is 1.21. The lowest BCUT2D eigenvalue weighted by molar-refractivity contribution is 0.0690. The molecule has 0 amide bonds. The molecule has 1 saturated carbocycles. The average Bonchev–Trinajstić information content (AvgIpc) is 2.99. The van der Waals surface area contributed by atoms with E-state index in [1.54, 1.807) is 12.3 Å². The van der Waals surface area contributed by atoms with Crippen molar-refractivity contribution in [1.82, 2.24) is 10.3 Å². The number of nitrogens with zero attached hydrogens (tertiary/aromatic N) is 1. The SMILES string of the molecule is O=C(O)c1ccc(CNC2CC2)cn1. The molecule has 4 nitrogen and oxygen atoms in total. The molecule has 1 aromatic rings. The van der Waals surface area contributed by atoms with Gasteiger partial charge >= 0.3 is 5.97 Å². The Bertz CT molecular complexity index is 330. The molecule has 0 radical (unpaired) electrons. The number of hydrogen-bond acceptors (Lipinski definition) is 3. The highest BCUT2D eigenvalue weighted by Crippen LogP contribution is 2.19. The molecule has 0 saturated heterocycles. The van der Waals surface area contributed by atoms with Gasteiger partial charge in [0.2, 0.25) is 0 Å². The zero-order valence-electron chi connectivity index (χ0n) is 7.73. The van der Waals surface area contributed by atoms with Crippen LogP contribution >= 0.6 is 0 Å². The molecular weight excluding hydrogens is 180 g/mol. The van der Waals surface area contributed by atoms with Crippen LogP contribution < -0.4 is 5.32 Å². The number of carboxylic acids is 1. The normalized spacial score (nSPS) is 15.4. The molecule has 0 aliphatic heterocycles. The van der Waals surface area contributed by atoms with Crippen LogP contribution in [0.3, 0.4) is 0 Å². The predicted molar refractivity (Wildman–Crippen MR) is 51.1 cm³/mol. The highest BCUT2D eigenvalue weighted by Gasteiger charge is 2.19. The van der Waals surface area contributed by atoms with Gasteiger partial charge in [-0.25, -0.2) is 9.78 Å². The van der Waals surface area contributed by atoms with E-state index in [0.29, 0.717) is 6.04 Å². The summed E-state index contributed by atoms with van der Waals surface area (Å²) in [5.74, 6) is -0.980. The predicted octanol–water partition coefficient (Wildman–Crippen LogP) is 1.03. The van der Waals surface area contributed by atoms with Gasteiger partial charge in [-0.1, -0.05) is 6.07 Å². The zero-order chi connectivity index (χ0) is 9.97. The molecule has 74 valence electrons. The van der Waals surface area contributed by atoms with Gasteiger partial charge in [-0.3, -0.25) is 0 Å². The Balaban J connectivity index is 1.94. The van der Waals surface area contributed by atoms with Crippen molar-refractivity contribution in [2.45, 2.75) is 25.4 Å². The number of nitrogens with one attached hydrogen (secondary N) is 1. The number of hydrogen-bond donors (Lipinski definition) is 2. The maximum atomic E-state index is 10.5. The molecule has 1 aliphatic rings. The molecule has 1 aliphatic carbocycles. The molecule has 1 aromatic heterocycles. The molecule has 0 spiro atoms. The maximum Gasteiger partial charge on any atom is 0.354 e. The van der Waals surface area contributed by atoms with E-state index in [9.17, 15) is 4.79 Å². The third-order valence-corrected chi connectivity index (χ3v) is 2.22. The van der Waals surface area contributed by atoms with Gasteiger partial charge in [0.1, 0.15) is 5.69 Å². The summed E-state index contributed by atoms with van der Waals surface area (Å²) in [7, 11) is 0. The highest BCUT2D eigenvalue weighted by molar-refractivity contribution is 5.85. The number of rotatable bonds is 4. The lowest BCUT2D eigenvalue weighted by Gasteiger charge is -2.02. The molecule has 14 heavy (non-hydrogen) atoms. The van der Waals surface area contributed by atoms with E-state index in [1.807, 2.05) is 0 Å². The van der Waals surface area contributed by atoms with Gasteiger partial charge in [0.05, 0.1) is 0 Å².